The summed E-state index contributed by atoms with van der Waals surface area (Å²) >= 11 is 0. The normalized spacial score (nSPS) is 21.8. The van der Waals surface area contributed by atoms with Crippen molar-refractivity contribution in [3.63, 3.8) is 0 Å². The minimum atomic E-state index is 0.310. The van der Waals surface area contributed by atoms with E-state index in [4.69, 9.17) is 9.52 Å². The molecule has 0 spiro atoms. The quantitative estimate of drug-likeness (QED) is 0.832. The molecule has 16 heavy (non-hydrogen) atoms. The van der Waals surface area contributed by atoms with E-state index in [9.17, 15) is 0 Å². The van der Waals surface area contributed by atoms with Crippen molar-refractivity contribution in [1.82, 2.24) is 4.90 Å². The first kappa shape index (κ1) is 11.7. The molecule has 1 aromatic rings. The lowest BCUT2D eigenvalue weighted by atomic mass is 10.1. The van der Waals surface area contributed by atoms with Crippen molar-refractivity contribution >= 4 is 0 Å². The predicted molar refractivity (Wildman–Crippen MR) is 63.2 cm³/mol. The van der Waals surface area contributed by atoms with Gasteiger partial charge in [-0.05, 0) is 51.3 Å². The molecule has 2 heterocycles. The van der Waals surface area contributed by atoms with Gasteiger partial charge in [-0.1, -0.05) is 0 Å². The first-order valence-electron chi connectivity index (χ1n) is 6.20. The zero-order valence-corrected chi connectivity index (χ0v) is 9.98. The van der Waals surface area contributed by atoms with E-state index in [2.05, 4.69) is 11.0 Å². The Kier molecular flexibility index (Phi) is 4.02. The van der Waals surface area contributed by atoms with Crippen molar-refractivity contribution in [2.75, 3.05) is 13.2 Å². The maximum atomic E-state index is 8.87. The smallest absolute Gasteiger partial charge is 0.118 e. The SMILES string of the molecule is Cc1ccc(CN2CCCC2CCCO)o1. The maximum absolute atomic E-state index is 8.87. The Morgan fingerprint density at radius 1 is 1.50 bits per heavy atom. The fourth-order valence-corrected chi connectivity index (χ4v) is 2.53. The zero-order valence-electron chi connectivity index (χ0n) is 9.98. The third-order valence-corrected chi connectivity index (χ3v) is 3.35. The number of aryl methyl sites for hydroxylation is 1. The van der Waals surface area contributed by atoms with Crippen LogP contribution in [0.25, 0.3) is 0 Å². The Morgan fingerprint density at radius 2 is 2.38 bits per heavy atom. The molecule has 3 nitrogen and oxygen atoms in total. The number of rotatable bonds is 5. The molecule has 0 aromatic carbocycles. The van der Waals surface area contributed by atoms with Gasteiger partial charge in [0.1, 0.15) is 11.5 Å². The van der Waals surface area contributed by atoms with Crippen LogP contribution < -0.4 is 0 Å². The molecule has 1 N–H and O–H groups in total. The number of hydrogen-bond acceptors (Lipinski definition) is 3. The largest absolute Gasteiger partial charge is 0.465 e. The van der Waals surface area contributed by atoms with Crippen LogP contribution in [0.3, 0.4) is 0 Å². The third kappa shape index (κ3) is 2.86. The summed E-state index contributed by atoms with van der Waals surface area (Å²) in [5.41, 5.74) is 0. The van der Waals surface area contributed by atoms with E-state index in [1.807, 2.05) is 13.0 Å². The molecular weight excluding hydrogens is 202 g/mol. The minimum Gasteiger partial charge on any atom is -0.465 e. The number of hydrogen-bond donors (Lipinski definition) is 1. The Labute approximate surface area is 97.1 Å². The molecule has 3 heteroatoms. The van der Waals surface area contributed by atoms with E-state index in [-0.39, 0.29) is 0 Å². The van der Waals surface area contributed by atoms with Crippen molar-refractivity contribution in [2.45, 2.75) is 45.2 Å². The molecular formula is C13H21NO2. The molecule has 1 unspecified atom stereocenters. The zero-order chi connectivity index (χ0) is 11.4. The highest BCUT2D eigenvalue weighted by atomic mass is 16.3. The summed E-state index contributed by atoms with van der Waals surface area (Å²) in [7, 11) is 0. The van der Waals surface area contributed by atoms with Gasteiger partial charge in [0.2, 0.25) is 0 Å². The standard InChI is InChI=1S/C13H21NO2/c1-11-6-7-13(16-11)10-14-8-2-4-12(14)5-3-9-15/h6-7,12,15H,2-5,8-10H2,1H3. The highest BCUT2D eigenvalue weighted by Gasteiger charge is 2.24. The second-order valence-corrected chi connectivity index (χ2v) is 4.64. The molecule has 0 amide bonds. The van der Waals surface area contributed by atoms with Gasteiger partial charge in [-0.25, -0.2) is 0 Å². The Morgan fingerprint density at radius 3 is 3.06 bits per heavy atom. The lowest BCUT2D eigenvalue weighted by Crippen LogP contribution is -2.28. The molecule has 1 aliphatic heterocycles. The van der Waals surface area contributed by atoms with Crippen molar-refractivity contribution in [3.05, 3.63) is 23.7 Å². The van der Waals surface area contributed by atoms with Gasteiger partial charge < -0.3 is 9.52 Å². The van der Waals surface area contributed by atoms with Gasteiger partial charge in [0.25, 0.3) is 0 Å². The average molecular weight is 223 g/mol. The molecule has 0 radical (unpaired) electrons. The highest BCUT2D eigenvalue weighted by Crippen LogP contribution is 2.23. The summed E-state index contributed by atoms with van der Waals surface area (Å²) in [6.07, 6.45) is 4.56. The van der Waals surface area contributed by atoms with Crippen molar-refractivity contribution in [2.24, 2.45) is 0 Å². The van der Waals surface area contributed by atoms with E-state index >= 15 is 0 Å². The molecule has 1 saturated heterocycles. The van der Waals surface area contributed by atoms with Crippen LogP contribution in [0, 0.1) is 6.92 Å². The van der Waals surface area contributed by atoms with Gasteiger partial charge >= 0.3 is 0 Å². The minimum absolute atomic E-state index is 0.310. The first-order valence-corrected chi connectivity index (χ1v) is 6.20. The summed E-state index contributed by atoms with van der Waals surface area (Å²) in [6, 6.07) is 4.72. The average Bonchev–Trinajstić information content (AvgIpc) is 2.86. The van der Waals surface area contributed by atoms with E-state index in [0.29, 0.717) is 12.6 Å². The van der Waals surface area contributed by atoms with Gasteiger partial charge in [0.05, 0.1) is 6.54 Å². The number of likely N-dealkylation sites (tertiary alicyclic amines) is 1. The topological polar surface area (TPSA) is 36.6 Å². The number of furan rings is 1. The van der Waals surface area contributed by atoms with Crippen molar-refractivity contribution in [1.29, 1.82) is 0 Å². The molecule has 0 saturated carbocycles. The highest BCUT2D eigenvalue weighted by molar-refractivity contribution is 5.05. The van der Waals surface area contributed by atoms with Crippen LogP contribution in [0.2, 0.25) is 0 Å². The number of nitrogens with zero attached hydrogens (tertiary/aromatic N) is 1. The Balaban J connectivity index is 1.88. The van der Waals surface area contributed by atoms with Gasteiger partial charge in [0, 0.05) is 12.6 Å². The molecule has 1 aromatic heterocycles. The number of aliphatic hydroxyl groups is 1. The van der Waals surface area contributed by atoms with Crippen LogP contribution in [0.15, 0.2) is 16.5 Å². The van der Waals surface area contributed by atoms with Gasteiger partial charge in [-0.3, -0.25) is 4.90 Å². The molecule has 1 aliphatic rings. The molecule has 1 atom stereocenters. The fourth-order valence-electron chi connectivity index (χ4n) is 2.53. The molecule has 0 bridgehead atoms. The Bertz CT molecular complexity index is 321. The summed E-state index contributed by atoms with van der Waals surface area (Å²) in [5, 5.41) is 8.87. The van der Waals surface area contributed by atoms with E-state index in [1.165, 1.54) is 12.8 Å². The van der Waals surface area contributed by atoms with Crippen molar-refractivity contribution in [3.8, 4) is 0 Å². The van der Waals surface area contributed by atoms with Crippen LogP contribution in [-0.4, -0.2) is 29.2 Å². The second kappa shape index (κ2) is 5.51. The van der Waals surface area contributed by atoms with Crippen molar-refractivity contribution < 1.29 is 9.52 Å². The van der Waals surface area contributed by atoms with Crippen LogP contribution in [0.4, 0.5) is 0 Å². The summed E-state index contributed by atoms with van der Waals surface area (Å²) in [6.45, 7) is 4.38. The molecule has 2 rings (SSSR count). The Hall–Kier alpha value is -0.800. The van der Waals surface area contributed by atoms with Crippen LogP contribution in [0.5, 0.6) is 0 Å². The summed E-state index contributed by atoms with van der Waals surface area (Å²) < 4.78 is 5.61. The molecule has 0 aliphatic carbocycles. The monoisotopic (exact) mass is 223 g/mol. The molecule has 90 valence electrons. The first-order chi connectivity index (χ1) is 7.79. The van der Waals surface area contributed by atoms with Gasteiger partial charge in [-0.15, -0.1) is 0 Å². The van der Waals surface area contributed by atoms with E-state index < -0.39 is 0 Å². The maximum Gasteiger partial charge on any atom is 0.118 e. The fraction of sp³-hybridized carbons (Fsp3) is 0.692. The van der Waals surface area contributed by atoms with E-state index in [1.54, 1.807) is 0 Å². The summed E-state index contributed by atoms with van der Waals surface area (Å²) in [4.78, 5) is 2.48. The van der Waals surface area contributed by atoms with Crippen LogP contribution in [-0.2, 0) is 6.54 Å². The number of aliphatic hydroxyl groups excluding tert-OH is 1. The lowest BCUT2D eigenvalue weighted by molar-refractivity contribution is 0.197. The van der Waals surface area contributed by atoms with Gasteiger partial charge in [0.15, 0.2) is 0 Å². The van der Waals surface area contributed by atoms with E-state index in [0.717, 1.165) is 37.5 Å². The van der Waals surface area contributed by atoms with Crippen LogP contribution >= 0.6 is 0 Å². The van der Waals surface area contributed by atoms with Gasteiger partial charge in [-0.2, -0.15) is 0 Å². The summed E-state index contributed by atoms with van der Waals surface area (Å²) in [5.74, 6) is 2.05. The lowest BCUT2D eigenvalue weighted by Gasteiger charge is -2.23. The van der Waals surface area contributed by atoms with Crippen LogP contribution in [0.1, 0.15) is 37.2 Å². The third-order valence-electron chi connectivity index (χ3n) is 3.35. The predicted octanol–water partition coefficient (Wildman–Crippen LogP) is 2.32. The molecule has 1 fully saturated rings. The second-order valence-electron chi connectivity index (χ2n) is 4.64.